The minimum Gasteiger partial charge on any atom is -0.481 e. The van der Waals surface area contributed by atoms with E-state index < -0.39 is 5.97 Å². The molecule has 0 aliphatic carbocycles. The van der Waals surface area contributed by atoms with E-state index in [-0.39, 0.29) is 18.9 Å². The van der Waals surface area contributed by atoms with Gasteiger partial charge in [0.1, 0.15) is 4.32 Å². The first kappa shape index (κ1) is 18.9. The summed E-state index contributed by atoms with van der Waals surface area (Å²) < 4.78 is 0.445. The van der Waals surface area contributed by atoms with Crippen molar-refractivity contribution in [2.45, 2.75) is 32.6 Å². The smallest absolute Gasteiger partial charge is 0.305 e. The van der Waals surface area contributed by atoms with Crippen LogP contribution in [0.4, 0.5) is 5.69 Å². The molecule has 1 aromatic carbocycles. The number of para-hydroxylation sites is 1. The van der Waals surface area contributed by atoms with Crippen molar-refractivity contribution in [3.63, 3.8) is 0 Å². The Morgan fingerprint density at radius 2 is 2.04 bits per heavy atom. The summed E-state index contributed by atoms with van der Waals surface area (Å²) in [5.41, 5.74) is 3.25. The minimum absolute atomic E-state index is 0.102. The molecule has 7 heteroatoms. The first-order valence-corrected chi connectivity index (χ1v) is 10.1. The van der Waals surface area contributed by atoms with Gasteiger partial charge in [-0.25, -0.2) is 0 Å². The first-order chi connectivity index (χ1) is 12.5. The standard InChI is InChI=1S/C19H22N2O3S2/c1-2-3-6-10-20-12-14(13-7-4-5-8-15(13)20)17-18(24)21(19(25)26-17)11-9-16(22)23/h4-5,7-8H,2-3,6,9-12H2,1H3,(H,22,23)/b17-14+. The van der Waals surface area contributed by atoms with Crippen molar-refractivity contribution in [1.82, 2.24) is 4.90 Å². The fourth-order valence-corrected chi connectivity index (χ4v) is 4.67. The highest BCUT2D eigenvalue weighted by atomic mass is 32.2. The molecule has 0 atom stereocenters. The van der Waals surface area contributed by atoms with Crippen LogP contribution >= 0.6 is 24.0 Å². The maximum absolute atomic E-state index is 12.8. The monoisotopic (exact) mass is 390 g/mol. The third-order valence-corrected chi connectivity index (χ3v) is 6.11. The first-order valence-electron chi connectivity index (χ1n) is 8.86. The lowest BCUT2D eigenvalue weighted by Crippen LogP contribution is -2.30. The summed E-state index contributed by atoms with van der Waals surface area (Å²) in [5, 5.41) is 8.88. The van der Waals surface area contributed by atoms with Gasteiger partial charge in [-0.3, -0.25) is 14.5 Å². The zero-order chi connectivity index (χ0) is 18.7. The molecule has 0 aromatic heterocycles. The van der Waals surface area contributed by atoms with Crippen LogP contribution in [0.2, 0.25) is 0 Å². The lowest BCUT2D eigenvalue weighted by atomic mass is 10.1. The van der Waals surface area contributed by atoms with Crippen LogP contribution < -0.4 is 4.90 Å². The molecule has 1 saturated heterocycles. The van der Waals surface area contributed by atoms with Gasteiger partial charge < -0.3 is 10.0 Å². The number of carbonyl (C=O) groups excluding carboxylic acids is 1. The van der Waals surface area contributed by atoms with E-state index in [4.69, 9.17) is 17.3 Å². The van der Waals surface area contributed by atoms with Crippen LogP contribution in [0.3, 0.4) is 0 Å². The van der Waals surface area contributed by atoms with Crippen molar-refractivity contribution < 1.29 is 14.7 Å². The summed E-state index contributed by atoms with van der Waals surface area (Å²) in [5.74, 6) is -1.10. The van der Waals surface area contributed by atoms with Crippen LogP contribution in [0.5, 0.6) is 0 Å². The highest BCUT2D eigenvalue weighted by Crippen LogP contribution is 2.43. The summed E-state index contributed by atoms with van der Waals surface area (Å²) in [6.07, 6.45) is 3.38. The zero-order valence-corrected chi connectivity index (χ0v) is 16.4. The Balaban J connectivity index is 1.87. The second-order valence-corrected chi connectivity index (χ2v) is 8.07. The van der Waals surface area contributed by atoms with Gasteiger partial charge in [-0.2, -0.15) is 0 Å². The largest absolute Gasteiger partial charge is 0.481 e. The number of carboxylic acids is 1. The number of thioether (sulfide) groups is 1. The van der Waals surface area contributed by atoms with Crippen molar-refractivity contribution in [3.05, 3.63) is 34.7 Å². The van der Waals surface area contributed by atoms with E-state index in [0.29, 0.717) is 15.8 Å². The van der Waals surface area contributed by atoms with Crippen LogP contribution in [-0.2, 0) is 9.59 Å². The second kappa shape index (κ2) is 8.22. The summed E-state index contributed by atoms with van der Waals surface area (Å²) >= 11 is 6.62. The Labute approximate surface area is 163 Å². The third kappa shape index (κ3) is 3.78. The van der Waals surface area contributed by atoms with E-state index in [1.807, 2.05) is 18.2 Å². The normalized spacial score (nSPS) is 19.4. The number of rotatable bonds is 7. The molecule has 0 spiro atoms. The Kier molecular flexibility index (Phi) is 5.98. The number of unbranched alkanes of at least 4 members (excludes halogenated alkanes) is 2. The van der Waals surface area contributed by atoms with Gasteiger partial charge in [0.15, 0.2) is 0 Å². The van der Waals surface area contributed by atoms with E-state index in [9.17, 15) is 9.59 Å². The molecule has 0 unspecified atom stereocenters. The van der Waals surface area contributed by atoms with Crippen molar-refractivity contribution in [2.24, 2.45) is 0 Å². The van der Waals surface area contributed by atoms with Gasteiger partial charge in [-0.15, -0.1) is 0 Å². The van der Waals surface area contributed by atoms with Crippen LogP contribution in [0.1, 0.15) is 38.2 Å². The predicted octanol–water partition coefficient (Wildman–Crippen LogP) is 3.74. The molecule has 0 radical (unpaired) electrons. The van der Waals surface area contributed by atoms with Crippen LogP contribution in [-0.4, -0.2) is 45.8 Å². The number of amides is 1. The number of aliphatic carboxylic acids is 1. The van der Waals surface area contributed by atoms with Gasteiger partial charge in [0.05, 0.1) is 11.3 Å². The lowest BCUT2D eigenvalue weighted by molar-refractivity contribution is -0.137. The number of hydrogen-bond donors (Lipinski definition) is 1. The molecule has 3 rings (SSSR count). The van der Waals surface area contributed by atoms with Crippen LogP contribution in [0.15, 0.2) is 29.2 Å². The van der Waals surface area contributed by atoms with Crippen molar-refractivity contribution >= 4 is 51.4 Å². The van der Waals surface area contributed by atoms with Crippen molar-refractivity contribution in [3.8, 4) is 0 Å². The number of thiocarbonyl (C=S) groups is 1. The SMILES string of the molecule is CCCCCN1C/C(=C2\SC(=S)N(CCC(=O)O)C2=O)c2ccccc21. The van der Waals surface area contributed by atoms with Crippen molar-refractivity contribution in [2.75, 3.05) is 24.5 Å². The summed E-state index contributed by atoms with van der Waals surface area (Å²) in [6, 6.07) is 8.15. The maximum atomic E-state index is 12.8. The van der Waals surface area contributed by atoms with Crippen LogP contribution in [0, 0.1) is 0 Å². The maximum Gasteiger partial charge on any atom is 0.305 e. The highest BCUT2D eigenvalue weighted by Gasteiger charge is 2.37. The summed E-state index contributed by atoms with van der Waals surface area (Å²) in [6.45, 7) is 3.98. The lowest BCUT2D eigenvalue weighted by Gasteiger charge is -2.18. The number of hydrogen-bond acceptors (Lipinski definition) is 5. The average Bonchev–Trinajstić information content (AvgIpc) is 3.11. The molecule has 2 heterocycles. The number of anilines is 1. The topological polar surface area (TPSA) is 60.9 Å². The van der Waals surface area contributed by atoms with E-state index in [0.717, 1.165) is 29.8 Å². The van der Waals surface area contributed by atoms with Crippen molar-refractivity contribution in [1.29, 1.82) is 0 Å². The average molecular weight is 391 g/mol. The Morgan fingerprint density at radius 1 is 1.27 bits per heavy atom. The molecule has 2 aliphatic rings. The van der Waals surface area contributed by atoms with E-state index >= 15 is 0 Å². The molecular formula is C19H22N2O3S2. The number of nitrogens with zero attached hydrogens (tertiary/aromatic N) is 2. The van der Waals surface area contributed by atoms with Gasteiger partial charge in [0.2, 0.25) is 0 Å². The Bertz CT molecular complexity index is 776. The van der Waals surface area contributed by atoms with Gasteiger partial charge in [0, 0.05) is 36.5 Å². The fourth-order valence-electron chi connectivity index (χ4n) is 3.29. The van der Waals surface area contributed by atoms with E-state index in [2.05, 4.69) is 17.9 Å². The third-order valence-electron chi connectivity index (χ3n) is 4.62. The molecule has 1 N–H and O–H groups in total. The van der Waals surface area contributed by atoms with Gasteiger partial charge in [-0.05, 0) is 12.5 Å². The molecule has 0 bridgehead atoms. The molecule has 2 aliphatic heterocycles. The fraction of sp³-hybridized carbons (Fsp3) is 0.421. The Hall–Kier alpha value is -1.86. The van der Waals surface area contributed by atoms with Crippen LogP contribution in [0.25, 0.3) is 5.57 Å². The number of carboxylic acid groups (broad SMARTS) is 1. The number of benzene rings is 1. The summed E-state index contributed by atoms with van der Waals surface area (Å²) in [4.78, 5) is 28.1. The van der Waals surface area contributed by atoms with E-state index in [1.165, 1.54) is 29.5 Å². The molecule has 5 nitrogen and oxygen atoms in total. The molecule has 26 heavy (non-hydrogen) atoms. The van der Waals surface area contributed by atoms with Gasteiger partial charge in [0.25, 0.3) is 5.91 Å². The second-order valence-electron chi connectivity index (χ2n) is 6.42. The quantitative estimate of drug-likeness (QED) is 0.435. The molecule has 1 fully saturated rings. The minimum atomic E-state index is -0.931. The highest BCUT2D eigenvalue weighted by molar-refractivity contribution is 8.26. The predicted molar refractivity (Wildman–Crippen MR) is 109 cm³/mol. The summed E-state index contributed by atoms with van der Waals surface area (Å²) in [7, 11) is 0. The molecule has 1 aromatic rings. The molecular weight excluding hydrogens is 368 g/mol. The zero-order valence-electron chi connectivity index (χ0n) is 14.7. The van der Waals surface area contributed by atoms with E-state index in [1.54, 1.807) is 0 Å². The molecule has 1 amide bonds. The van der Waals surface area contributed by atoms with Gasteiger partial charge in [-0.1, -0.05) is 61.9 Å². The molecule has 138 valence electrons. The molecule has 0 saturated carbocycles. The number of carbonyl (C=O) groups is 2. The Morgan fingerprint density at radius 3 is 2.77 bits per heavy atom. The number of fused-ring (bicyclic) bond motifs is 1. The van der Waals surface area contributed by atoms with Gasteiger partial charge >= 0.3 is 5.97 Å².